The van der Waals surface area contributed by atoms with Crippen molar-refractivity contribution in [1.82, 2.24) is 5.32 Å². The van der Waals surface area contributed by atoms with Gasteiger partial charge in [0.05, 0.1) is 6.61 Å². The molecule has 2 atom stereocenters. The van der Waals surface area contributed by atoms with E-state index in [4.69, 9.17) is 9.47 Å². The van der Waals surface area contributed by atoms with Crippen LogP contribution < -0.4 is 5.32 Å². The molecule has 0 unspecified atom stereocenters. The van der Waals surface area contributed by atoms with Crippen LogP contribution in [0, 0.1) is 12.8 Å². The van der Waals surface area contributed by atoms with Crippen LogP contribution in [0.2, 0.25) is 0 Å². The molecule has 0 aromatic heterocycles. The summed E-state index contributed by atoms with van der Waals surface area (Å²) >= 11 is 0. The zero-order valence-electron chi connectivity index (χ0n) is 13.5. The monoisotopic (exact) mass is 319 g/mol. The van der Waals surface area contributed by atoms with Crippen LogP contribution in [-0.4, -0.2) is 36.6 Å². The van der Waals surface area contributed by atoms with Crippen LogP contribution in [0.3, 0.4) is 0 Å². The Morgan fingerprint density at radius 1 is 1.26 bits per heavy atom. The van der Waals surface area contributed by atoms with Gasteiger partial charge in [0.15, 0.2) is 0 Å². The molecule has 0 radical (unpaired) electrons. The predicted molar refractivity (Wildman–Crippen MR) is 82.7 cm³/mol. The Morgan fingerprint density at radius 3 is 2.43 bits per heavy atom. The molecule has 1 aliphatic heterocycles. The lowest BCUT2D eigenvalue weighted by Crippen LogP contribution is -2.46. The van der Waals surface area contributed by atoms with Gasteiger partial charge in [0.25, 0.3) is 5.91 Å². The third-order valence-electron chi connectivity index (χ3n) is 3.67. The van der Waals surface area contributed by atoms with Gasteiger partial charge in [0, 0.05) is 12.0 Å². The van der Waals surface area contributed by atoms with Gasteiger partial charge >= 0.3 is 11.9 Å². The number of hydrogen-bond donors (Lipinski definition) is 1. The number of amides is 1. The maximum Gasteiger partial charge on any atom is 0.347 e. The minimum Gasteiger partial charge on any atom is -0.463 e. The number of nitrogens with one attached hydrogen (secondary N) is 1. The van der Waals surface area contributed by atoms with Crippen LogP contribution in [0.15, 0.2) is 24.3 Å². The van der Waals surface area contributed by atoms with Gasteiger partial charge in [0.2, 0.25) is 6.10 Å². The number of aryl methyl sites for hydroxylation is 1. The van der Waals surface area contributed by atoms with Gasteiger partial charge in [-0.2, -0.15) is 0 Å². The normalized spacial score (nSPS) is 18.4. The minimum absolute atomic E-state index is 0.172. The molecule has 2 rings (SSSR count). The van der Waals surface area contributed by atoms with Gasteiger partial charge in [0.1, 0.15) is 6.04 Å². The fraction of sp³-hybridized carbons (Fsp3) is 0.471. The first-order valence-electron chi connectivity index (χ1n) is 7.63. The van der Waals surface area contributed by atoms with Gasteiger partial charge in [-0.15, -0.1) is 0 Å². The van der Waals surface area contributed by atoms with Gasteiger partial charge in [-0.1, -0.05) is 31.5 Å². The number of hydrogen-bond acceptors (Lipinski definition) is 5. The summed E-state index contributed by atoms with van der Waals surface area (Å²) < 4.78 is 9.94. The Bertz CT molecular complexity index is 594. The van der Waals surface area contributed by atoms with Gasteiger partial charge < -0.3 is 14.8 Å². The van der Waals surface area contributed by atoms with E-state index in [1.807, 2.05) is 19.1 Å². The number of cyclic esters (lactones) is 1. The van der Waals surface area contributed by atoms with E-state index in [9.17, 15) is 14.4 Å². The molecule has 1 heterocycles. The van der Waals surface area contributed by atoms with Crippen LogP contribution in [0.1, 0.15) is 36.2 Å². The third-order valence-corrected chi connectivity index (χ3v) is 3.67. The average molecular weight is 319 g/mol. The van der Waals surface area contributed by atoms with Crippen LogP contribution in [0.25, 0.3) is 0 Å². The molecule has 1 fully saturated rings. The van der Waals surface area contributed by atoms with E-state index >= 15 is 0 Å². The van der Waals surface area contributed by atoms with E-state index in [2.05, 4.69) is 5.32 Å². The van der Waals surface area contributed by atoms with Crippen molar-refractivity contribution >= 4 is 17.8 Å². The highest BCUT2D eigenvalue weighted by molar-refractivity contribution is 5.97. The lowest BCUT2D eigenvalue weighted by atomic mass is 10.0. The Labute approximate surface area is 135 Å². The summed E-state index contributed by atoms with van der Waals surface area (Å²) in [6, 6.07) is 6.22. The van der Waals surface area contributed by atoms with Crippen molar-refractivity contribution in [2.75, 3.05) is 6.61 Å². The highest BCUT2D eigenvalue weighted by atomic mass is 16.6. The zero-order chi connectivity index (χ0) is 17.0. The van der Waals surface area contributed by atoms with Crippen molar-refractivity contribution in [2.24, 2.45) is 5.92 Å². The Hall–Kier alpha value is -2.37. The van der Waals surface area contributed by atoms with Crippen molar-refractivity contribution in [3.05, 3.63) is 35.4 Å². The molecule has 1 aromatic rings. The van der Waals surface area contributed by atoms with E-state index in [0.29, 0.717) is 12.0 Å². The topological polar surface area (TPSA) is 81.7 Å². The highest BCUT2D eigenvalue weighted by Crippen LogP contribution is 2.14. The number of rotatable bonds is 5. The number of benzene rings is 1. The lowest BCUT2D eigenvalue weighted by molar-refractivity contribution is -0.162. The van der Waals surface area contributed by atoms with Gasteiger partial charge in [-0.05, 0) is 25.0 Å². The first kappa shape index (κ1) is 17.0. The molecule has 1 saturated heterocycles. The zero-order valence-corrected chi connectivity index (χ0v) is 13.5. The van der Waals surface area contributed by atoms with Crippen LogP contribution >= 0.6 is 0 Å². The first-order valence-corrected chi connectivity index (χ1v) is 7.63. The molecule has 1 aliphatic rings. The number of esters is 2. The second-order valence-electron chi connectivity index (χ2n) is 5.94. The van der Waals surface area contributed by atoms with Crippen LogP contribution in [-0.2, 0) is 19.1 Å². The second kappa shape index (κ2) is 7.26. The summed E-state index contributed by atoms with van der Waals surface area (Å²) in [4.78, 5) is 35.9. The van der Waals surface area contributed by atoms with Crippen molar-refractivity contribution in [3.8, 4) is 0 Å². The Kier molecular flexibility index (Phi) is 5.36. The molecule has 23 heavy (non-hydrogen) atoms. The third kappa shape index (κ3) is 4.31. The minimum atomic E-state index is -0.875. The van der Waals surface area contributed by atoms with Gasteiger partial charge in [-0.25, -0.2) is 9.59 Å². The number of ether oxygens (including phenoxy) is 2. The molecule has 1 aromatic carbocycles. The standard InChI is InChI=1S/C17H21NO5/c1-10(2)14(17(21)23-13-8-9-22-16(13)20)18-15(19)12-6-4-11(3)5-7-12/h4-7,10,13-14H,8-9H2,1-3H3,(H,18,19)/t13-,14-/m0/s1. The molecule has 6 nitrogen and oxygen atoms in total. The Balaban J connectivity index is 2.02. The quantitative estimate of drug-likeness (QED) is 0.834. The predicted octanol–water partition coefficient (Wildman–Crippen LogP) is 1.61. The van der Waals surface area contributed by atoms with Crippen LogP contribution in [0.4, 0.5) is 0 Å². The molecule has 6 heteroatoms. The first-order chi connectivity index (χ1) is 10.9. The fourth-order valence-corrected chi connectivity index (χ4v) is 2.23. The molecule has 0 bridgehead atoms. The van der Waals surface area contributed by atoms with Crippen LogP contribution in [0.5, 0.6) is 0 Å². The van der Waals surface area contributed by atoms with E-state index in [1.54, 1.807) is 26.0 Å². The summed E-state index contributed by atoms with van der Waals surface area (Å²) in [7, 11) is 0. The summed E-state index contributed by atoms with van der Waals surface area (Å²) in [6.45, 7) is 5.78. The van der Waals surface area contributed by atoms with Crippen molar-refractivity contribution < 1.29 is 23.9 Å². The summed E-state index contributed by atoms with van der Waals surface area (Å²) in [6.07, 6.45) is -0.526. The molecule has 1 amide bonds. The molecule has 0 aliphatic carbocycles. The summed E-state index contributed by atoms with van der Waals surface area (Å²) in [5.41, 5.74) is 1.51. The number of carbonyl (C=O) groups excluding carboxylic acids is 3. The SMILES string of the molecule is Cc1ccc(C(=O)N[C@H](C(=O)O[C@H]2CCOC2=O)C(C)C)cc1. The fourth-order valence-electron chi connectivity index (χ4n) is 2.23. The van der Waals surface area contributed by atoms with Crippen molar-refractivity contribution in [3.63, 3.8) is 0 Å². The van der Waals surface area contributed by atoms with E-state index in [-0.39, 0.29) is 18.4 Å². The molecule has 0 spiro atoms. The van der Waals surface area contributed by atoms with Gasteiger partial charge in [-0.3, -0.25) is 4.79 Å². The molecule has 1 N–H and O–H groups in total. The summed E-state index contributed by atoms with van der Waals surface area (Å²) in [5, 5.41) is 2.68. The van der Waals surface area contributed by atoms with E-state index in [0.717, 1.165) is 5.56 Å². The molecule has 124 valence electrons. The second-order valence-corrected chi connectivity index (χ2v) is 5.94. The maximum absolute atomic E-state index is 12.3. The van der Waals surface area contributed by atoms with E-state index < -0.39 is 24.1 Å². The smallest absolute Gasteiger partial charge is 0.347 e. The molecular weight excluding hydrogens is 298 g/mol. The molecule has 0 saturated carbocycles. The lowest BCUT2D eigenvalue weighted by Gasteiger charge is -2.22. The largest absolute Gasteiger partial charge is 0.463 e. The van der Waals surface area contributed by atoms with E-state index in [1.165, 1.54) is 0 Å². The Morgan fingerprint density at radius 2 is 1.91 bits per heavy atom. The summed E-state index contributed by atoms with van der Waals surface area (Å²) in [5.74, 6) is -1.68. The maximum atomic E-state index is 12.3. The highest BCUT2D eigenvalue weighted by Gasteiger charge is 2.34. The molecular formula is C17H21NO5. The average Bonchev–Trinajstić information content (AvgIpc) is 2.90. The van der Waals surface area contributed by atoms with Crippen molar-refractivity contribution in [2.45, 2.75) is 39.3 Å². The number of carbonyl (C=O) groups is 3. The van der Waals surface area contributed by atoms with Crippen molar-refractivity contribution in [1.29, 1.82) is 0 Å².